The number of carbonyl (C=O) groups is 1. The van der Waals surface area contributed by atoms with Crippen LogP contribution in [0.5, 0.6) is 5.75 Å². The number of nitrogens with one attached hydrogen (secondary N) is 1. The van der Waals surface area contributed by atoms with Gasteiger partial charge in [-0.15, -0.1) is 11.8 Å². The summed E-state index contributed by atoms with van der Waals surface area (Å²) in [6.45, 7) is 2.07. The van der Waals surface area contributed by atoms with E-state index in [0.717, 1.165) is 33.9 Å². The molecule has 3 aromatic rings. The molecule has 0 radical (unpaired) electrons. The monoisotopic (exact) mass is 391 g/mol. The minimum Gasteiger partial charge on any atom is -0.497 e. The summed E-state index contributed by atoms with van der Waals surface area (Å²) in [4.78, 5) is 14.0. The SMILES string of the molecule is CC[C@H](NC(=O)c1ccccc1SCc1ccccc1)c1ccc(OC)cc1. The second-order valence-corrected chi connectivity index (χ2v) is 7.50. The van der Waals surface area contributed by atoms with Gasteiger partial charge in [0, 0.05) is 10.6 Å². The van der Waals surface area contributed by atoms with E-state index in [1.54, 1.807) is 18.9 Å². The van der Waals surface area contributed by atoms with Crippen molar-refractivity contribution in [3.63, 3.8) is 0 Å². The molecule has 1 atom stereocenters. The van der Waals surface area contributed by atoms with E-state index in [1.165, 1.54) is 5.56 Å². The van der Waals surface area contributed by atoms with Crippen LogP contribution in [0.15, 0.2) is 83.8 Å². The van der Waals surface area contributed by atoms with Gasteiger partial charge >= 0.3 is 0 Å². The van der Waals surface area contributed by atoms with Crippen LogP contribution >= 0.6 is 11.8 Å². The van der Waals surface area contributed by atoms with Crippen molar-refractivity contribution in [2.24, 2.45) is 0 Å². The van der Waals surface area contributed by atoms with Gasteiger partial charge in [0.1, 0.15) is 5.75 Å². The van der Waals surface area contributed by atoms with Gasteiger partial charge in [0.2, 0.25) is 0 Å². The molecule has 28 heavy (non-hydrogen) atoms. The molecule has 4 heteroatoms. The van der Waals surface area contributed by atoms with Crippen LogP contribution in [0.3, 0.4) is 0 Å². The highest BCUT2D eigenvalue weighted by Gasteiger charge is 2.17. The summed E-state index contributed by atoms with van der Waals surface area (Å²) in [6.07, 6.45) is 0.817. The lowest BCUT2D eigenvalue weighted by Gasteiger charge is -2.19. The molecule has 0 heterocycles. The largest absolute Gasteiger partial charge is 0.497 e. The summed E-state index contributed by atoms with van der Waals surface area (Å²) in [5.74, 6) is 1.60. The van der Waals surface area contributed by atoms with Gasteiger partial charge in [-0.25, -0.2) is 0 Å². The smallest absolute Gasteiger partial charge is 0.252 e. The van der Waals surface area contributed by atoms with E-state index < -0.39 is 0 Å². The van der Waals surface area contributed by atoms with Crippen molar-refractivity contribution < 1.29 is 9.53 Å². The van der Waals surface area contributed by atoms with E-state index >= 15 is 0 Å². The highest BCUT2D eigenvalue weighted by Crippen LogP contribution is 2.27. The van der Waals surface area contributed by atoms with E-state index in [0.29, 0.717) is 0 Å². The molecular formula is C24H25NO2S. The van der Waals surface area contributed by atoms with Crippen LogP contribution < -0.4 is 10.1 Å². The van der Waals surface area contributed by atoms with Gasteiger partial charge in [-0.1, -0.05) is 61.5 Å². The second-order valence-electron chi connectivity index (χ2n) is 6.48. The molecule has 0 aliphatic heterocycles. The van der Waals surface area contributed by atoms with Crippen molar-refractivity contribution in [3.05, 3.63) is 95.6 Å². The third-order valence-corrected chi connectivity index (χ3v) is 5.75. The molecule has 0 saturated heterocycles. The maximum absolute atomic E-state index is 13.0. The number of thioether (sulfide) groups is 1. The van der Waals surface area contributed by atoms with E-state index in [-0.39, 0.29) is 11.9 Å². The maximum atomic E-state index is 13.0. The molecule has 1 amide bonds. The molecule has 1 N–H and O–H groups in total. The van der Waals surface area contributed by atoms with Gasteiger partial charge in [-0.2, -0.15) is 0 Å². The topological polar surface area (TPSA) is 38.3 Å². The average Bonchev–Trinajstić information content (AvgIpc) is 2.77. The van der Waals surface area contributed by atoms with E-state index in [1.807, 2.05) is 66.7 Å². The summed E-state index contributed by atoms with van der Waals surface area (Å²) in [6, 6.07) is 25.9. The molecule has 3 aromatic carbocycles. The standard InChI is InChI=1S/C24H25NO2S/c1-3-22(19-13-15-20(27-2)16-14-19)25-24(26)21-11-7-8-12-23(21)28-17-18-9-5-4-6-10-18/h4-16,22H,3,17H2,1-2H3,(H,25,26)/t22-/m0/s1. The van der Waals surface area contributed by atoms with Crippen molar-refractivity contribution in [3.8, 4) is 5.75 Å². The summed E-state index contributed by atoms with van der Waals surface area (Å²) < 4.78 is 5.22. The Kier molecular flexibility index (Phi) is 7.15. The summed E-state index contributed by atoms with van der Waals surface area (Å²) >= 11 is 1.69. The number of methoxy groups -OCH3 is 1. The fourth-order valence-electron chi connectivity index (χ4n) is 3.01. The zero-order valence-electron chi connectivity index (χ0n) is 16.2. The third-order valence-electron chi connectivity index (χ3n) is 4.60. The first-order valence-electron chi connectivity index (χ1n) is 9.41. The van der Waals surface area contributed by atoms with Crippen LogP contribution in [0.4, 0.5) is 0 Å². The Morgan fingerprint density at radius 3 is 2.32 bits per heavy atom. The quantitative estimate of drug-likeness (QED) is 0.488. The fraction of sp³-hybridized carbons (Fsp3) is 0.208. The lowest BCUT2D eigenvalue weighted by atomic mass is 10.0. The van der Waals surface area contributed by atoms with Crippen molar-refractivity contribution in [1.29, 1.82) is 0 Å². The Bertz CT molecular complexity index is 894. The Balaban J connectivity index is 1.72. The molecule has 0 unspecified atom stereocenters. The first kappa shape index (κ1) is 20.0. The minimum atomic E-state index is -0.0428. The molecule has 3 nitrogen and oxygen atoms in total. The number of hydrogen-bond acceptors (Lipinski definition) is 3. The van der Waals surface area contributed by atoms with Crippen LogP contribution in [-0.2, 0) is 5.75 Å². The van der Waals surface area contributed by atoms with Crippen LogP contribution in [0.2, 0.25) is 0 Å². The molecule has 0 aliphatic carbocycles. The van der Waals surface area contributed by atoms with Gasteiger partial charge < -0.3 is 10.1 Å². The first-order chi connectivity index (χ1) is 13.7. The summed E-state index contributed by atoms with van der Waals surface area (Å²) in [5, 5.41) is 3.18. The molecule has 144 valence electrons. The highest BCUT2D eigenvalue weighted by atomic mass is 32.2. The number of rotatable bonds is 8. The van der Waals surface area contributed by atoms with Crippen molar-refractivity contribution in [2.75, 3.05) is 7.11 Å². The van der Waals surface area contributed by atoms with Gasteiger partial charge in [-0.05, 0) is 41.8 Å². The average molecular weight is 392 g/mol. The molecular weight excluding hydrogens is 366 g/mol. The molecule has 0 aliphatic rings. The predicted octanol–water partition coefficient (Wildman–Crippen LogP) is 5.87. The van der Waals surface area contributed by atoms with Gasteiger partial charge in [-0.3, -0.25) is 4.79 Å². The number of carbonyl (C=O) groups excluding carboxylic acids is 1. The van der Waals surface area contributed by atoms with Crippen LogP contribution in [0, 0.1) is 0 Å². The van der Waals surface area contributed by atoms with Crippen LogP contribution in [0.1, 0.15) is 40.9 Å². The molecule has 0 saturated carbocycles. The number of ether oxygens (including phenoxy) is 1. The fourth-order valence-corrected chi connectivity index (χ4v) is 4.01. The Morgan fingerprint density at radius 1 is 0.964 bits per heavy atom. The van der Waals surface area contributed by atoms with E-state index in [9.17, 15) is 4.79 Å². The van der Waals surface area contributed by atoms with Gasteiger partial charge in [0.25, 0.3) is 5.91 Å². The highest BCUT2D eigenvalue weighted by molar-refractivity contribution is 7.98. The first-order valence-corrected chi connectivity index (χ1v) is 10.4. The molecule has 0 spiro atoms. The van der Waals surface area contributed by atoms with Crippen LogP contribution in [0.25, 0.3) is 0 Å². The lowest BCUT2D eigenvalue weighted by molar-refractivity contribution is 0.0932. The minimum absolute atomic E-state index is 0.0365. The molecule has 0 bridgehead atoms. The lowest BCUT2D eigenvalue weighted by Crippen LogP contribution is -2.28. The van der Waals surface area contributed by atoms with Crippen molar-refractivity contribution >= 4 is 17.7 Å². The number of hydrogen-bond donors (Lipinski definition) is 1. The van der Waals surface area contributed by atoms with Crippen molar-refractivity contribution in [1.82, 2.24) is 5.32 Å². The summed E-state index contributed by atoms with van der Waals surface area (Å²) in [5.41, 5.74) is 3.04. The molecule has 3 rings (SSSR count). The van der Waals surface area contributed by atoms with E-state index in [2.05, 4.69) is 24.4 Å². The zero-order valence-corrected chi connectivity index (χ0v) is 17.0. The van der Waals surface area contributed by atoms with Crippen molar-refractivity contribution in [2.45, 2.75) is 30.0 Å². The Labute approximate surface area is 171 Å². The zero-order chi connectivity index (χ0) is 19.8. The second kappa shape index (κ2) is 10.00. The molecule has 0 fully saturated rings. The van der Waals surface area contributed by atoms with Gasteiger partial charge in [0.15, 0.2) is 0 Å². The Morgan fingerprint density at radius 2 is 1.64 bits per heavy atom. The van der Waals surface area contributed by atoms with E-state index in [4.69, 9.17) is 4.74 Å². The summed E-state index contributed by atoms with van der Waals surface area (Å²) in [7, 11) is 1.65. The van der Waals surface area contributed by atoms with Crippen LogP contribution in [-0.4, -0.2) is 13.0 Å². The normalized spacial score (nSPS) is 11.6. The maximum Gasteiger partial charge on any atom is 0.252 e. The predicted molar refractivity (Wildman–Crippen MR) is 116 cm³/mol. The van der Waals surface area contributed by atoms with Gasteiger partial charge in [0.05, 0.1) is 18.7 Å². The third kappa shape index (κ3) is 5.17. The number of benzene rings is 3. The number of amides is 1. The molecule has 0 aromatic heterocycles. The Hall–Kier alpha value is -2.72.